The van der Waals surface area contributed by atoms with E-state index in [0.29, 0.717) is 4.47 Å². The molecule has 1 atom stereocenters. The largest absolute Gasteiger partial charge is 0.206 e. The van der Waals surface area contributed by atoms with E-state index in [-0.39, 0.29) is 10.6 Å². The molecular weight excluding hydrogens is 355 g/mol. The highest BCUT2D eigenvalue weighted by Gasteiger charge is 2.13. The minimum Gasteiger partial charge on any atom is -0.206 e. The Morgan fingerprint density at radius 1 is 1.25 bits per heavy atom. The SMILES string of the molecule is Cc1ccc(C(Br)c2ccc(F)c(Br)c2)s1. The van der Waals surface area contributed by atoms with Crippen LogP contribution in [0.25, 0.3) is 0 Å². The van der Waals surface area contributed by atoms with Gasteiger partial charge in [-0.15, -0.1) is 11.3 Å². The first-order valence-electron chi connectivity index (χ1n) is 4.73. The zero-order chi connectivity index (χ0) is 11.7. The highest BCUT2D eigenvalue weighted by molar-refractivity contribution is 9.10. The Morgan fingerprint density at radius 2 is 2.00 bits per heavy atom. The molecule has 16 heavy (non-hydrogen) atoms. The van der Waals surface area contributed by atoms with Crippen molar-refractivity contribution < 1.29 is 4.39 Å². The van der Waals surface area contributed by atoms with Gasteiger partial charge < -0.3 is 0 Å². The van der Waals surface area contributed by atoms with Gasteiger partial charge in [0.2, 0.25) is 0 Å². The molecule has 0 aliphatic rings. The van der Waals surface area contributed by atoms with Crippen LogP contribution in [0.1, 0.15) is 20.1 Å². The monoisotopic (exact) mass is 362 g/mol. The molecule has 0 radical (unpaired) electrons. The second-order valence-corrected chi connectivity index (χ2v) is 6.57. The number of rotatable bonds is 2. The zero-order valence-electron chi connectivity index (χ0n) is 8.51. The summed E-state index contributed by atoms with van der Waals surface area (Å²) in [6.45, 7) is 2.08. The Morgan fingerprint density at radius 3 is 2.56 bits per heavy atom. The lowest BCUT2D eigenvalue weighted by atomic mass is 10.1. The second-order valence-electron chi connectivity index (χ2n) is 3.48. The fourth-order valence-corrected chi connectivity index (χ4v) is 3.42. The van der Waals surface area contributed by atoms with Gasteiger partial charge in [-0.2, -0.15) is 0 Å². The lowest BCUT2D eigenvalue weighted by Crippen LogP contribution is -1.90. The molecule has 0 spiro atoms. The van der Waals surface area contributed by atoms with Crippen LogP contribution in [0.15, 0.2) is 34.8 Å². The Hall–Kier alpha value is -0.190. The molecule has 0 N–H and O–H groups in total. The zero-order valence-corrected chi connectivity index (χ0v) is 12.5. The van der Waals surface area contributed by atoms with Crippen molar-refractivity contribution in [1.29, 1.82) is 0 Å². The molecule has 0 saturated carbocycles. The molecule has 0 saturated heterocycles. The summed E-state index contributed by atoms with van der Waals surface area (Å²) in [5.41, 5.74) is 1.05. The van der Waals surface area contributed by atoms with Crippen molar-refractivity contribution in [2.75, 3.05) is 0 Å². The smallest absolute Gasteiger partial charge is 0.137 e. The van der Waals surface area contributed by atoms with Crippen LogP contribution in [0.2, 0.25) is 0 Å². The predicted molar refractivity (Wildman–Crippen MR) is 73.9 cm³/mol. The molecule has 0 aliphatic heterocycles. The van der Waals surface area contributed by atoms with Crippen LogP contribution in [0.5, 0.6) is 0 Å². The third kappa shape index (κ3) is 2.55. The fraction of sp³-hybridized carbons (Fsp3) is 0.167. The summed E-state index contributed by atoms with van der Waals surface area (Å²) in [7, 11) is 0. The van der Waals surface area contributed by atoms with E-state index >= 15 is 0 Å². The number of aryl methyl sites for hydroxylation is 1. The maximum absolute atomic E-state index is 13.1. The van der Waals surface area contributed by atoms with Crippen LogP contribution in [-0.2, 0) is 0 Å². The van der Waals surface area contributed by atoms with E-state index in [4.69, 9.17) is 0 Å². The van der Waals surface area contributed by atoms with E-state index in [1.165, 1.54) is 15.8 Å². The van der Waals surface area contributed by atoms with E-state index in [0.717, 1.165) is 5.56 Å². The average molecular weight is 364 g/mol. The van der Waals surface area contributed by atoms with Gasteiger partial charge in [0.15, 0.2) is 0 Å². The lowest BCUT2D eigenvalue weighted by Gasteiger charge is -2.08. The summed E-state index contributed by atoms with van der Waals surface area (Å²) in [5.74, 6) is -0.231. The molecule has 1 unspecified atom stereocenters. The van der Waals surface area contributed by atoms with Crippen molar-refractivity contribution in [2.45, 2.75) is 11.8 Å². The summed E-state index contributed by atoms with van der Waals surface area (Å²) in [4.78, 5) is 2.64. The summed E-state index contributed by atoms with van der Waals surface area (Å²) in [6.07, 6.45) is 0. The normalized spacial score (nSPS) is 12.8. The van der Waals surface area contributed by atoms with Crippen LogP contribution in [0.4, 0.5) is 4.39 Å². The van der Waals surface area contributed by atoms with Crippen molar-refractivity contribution in [1.82, 2.24) is 0 Å². The minimum atomic E-state index is -0.231. The van der Waals surface area contributed by atoms with Crippen LogP contribution in [0, 0.1) is 12.7 Å². The van der Waals surface area contributed by atoms with E-state index in [1.807, 2.05) is 6.07 Å². The number of hydrogen-bond acceptors (Lipinski definition) is 1. The van der Waals surface area contributed by atoms with Gasteiger partial charge in [0, 0.05) is 9.75 Å². The molecule has 1 aromatic heterocycles. The van der Waals surface area contributed by atoms with Gasteiger partial charge in [-0.05, 0) is 52.7 Å². The van der Waals surface area contributed by atoms with E-state index in [2.05, 4.69) is 50.9 Å². The third-order valence-electron chi connectivity index (χ3n) is 2.25. The van der Waals surface area contributed by atoms with Crippen molar-refractivity contribution in [3.8, 4) is 0 Å². The molecule has 1 heterocycles. The molecule has 0 aliphatic carbocycles. The van der Waals surface area contributed by atoms with Gasteiger partial charge in [0.25, 0.3) is 0 Å². The molecule has 4 heteroatoms. The molecule has 2 rings (SSSR count). The van der Waals surface area contributed by atoms with Gasteiger partial charge in [-0.1, -0.05) is 22.0 Å². The van der Waals surface area contributed by atoms with Crippen molar-refractivity contribution in [3.05, 3.63) is 55.9 Å². The van der Waals surface area contributed by atoms with E-state index < -0.39 is 0 Å². The van der Waals surface area contributed by atoms with Gasteiger partial charge >= 0.3 is 0 Å². The topological polar surface area (TPSA) is 0 Å². The number of thiophene rings is 1. The van der Waals surface area contributed by atoms with Crippen LogP contribution in [0.3, 0.4) is 0 Å². The third-order valence-corrected chi connectivity index (χ3v) is 5.25. The first-order valence-corrected chi connectivity index (χ1v) is 7.26. The Bertz CT molecular complexity index is 507. The molecule has 0 bridgehead atoms. The Kier molecular flexibility index (Phi) is 3.82. The summed E-state index contributed by atoms with van der Waals surface area (Å²) in [6, 6.07) is 9.27. The van der Waals surface area contributed by atoms with E-state index in [9.17, 15) is 4.39 Å². The molecular formula is C12H9Br2FS. The number of hydrogen-bond donors (Lipinski definition) is 0. The molecule has 0 nitrogen and oxygen atoms in total. The summed E-state index contributed by atoms with van der Waals surface area (Å²) >= 11 is 8.58. The van der Waals surface area contributed by atoms with E-state index in [1.54, 1.807) is 17.4 Å². The molecule has 2 aromatic rings. The maximum atomic E-state index is 13.1. The van der Waals surface area contributed by atoms with Crippen LogP contribution < -0.4 is 0 Å². The molecule has 0 fully saturated rings. The second kappa shape index (κ2) is 4.98. The minimum absolute atomic E-state index is 0.128. The quantitative estimate of drug-likeness (QED) is 0.623. The van der Waals surface area contributed by atoms with Crippen LogP contribution >= 0.6 is 43.2 Å². The Labute approximate surface area is 115 Å². The van der Waals surface area contributed by atoms with Crippen molar-refractivity contribution >= 4 is 43.2 Å². The van der Waals surface area contributed by atoms with Crippen molar-refractivity contribution in [2.24, 2.45) is 0 Å². The standard InChI is InChI=1S/C12H9Br2FS/c1-7-2-5-11(16-7)12(14)8-3-4-10(15)9(13)6-8/h2-6,12H,1H3. The fourth-order valence-electron chi connectivity index (χ4n) is 1.42. The first kappa shape index (κ1) is 12.3. The van der Waals surface area contributed by atoms with Gasteiger partial charge in [0.1, 0.15) is 5.82 Å². The first-order chi connectivity index (χ1) is 7.58. The average Bonchev–Trinajstić information content (AvgIpc) is 2.68. The summed E-state index contributed by atoms with van der Waals surface area (Å²) in [5, 5.41) is 0. The summed E-state index contributed by atoms with van der Waals surface area (Å²) < 4.78 is 13.6. The van der Waals surface area contributed by atoms with Gasteiger partial charge in [-0.25, -0.2) is 4.39 Å². The molecule has 0 amide bonds. The number of alkyl halides is 1. The number of benzene rings is 1. The Balaban J connectivity index is 2.33. The highest BCUT2D eigenvalue weighted by atomic mass is 79.9. The lowest BCUT2D eigenvalue weighted by molar-refractivity contribution is 0.620. The van der Waals surface area contributed by atoms with Gasteiger partial charge in [0.05, 0.1) is 9.30 Å². The predicted octanol–water partition coefficient (Wildman–Crippen LogP) is 5.44. The van der Waals surface area contributed by atoms with Gasteiger partial charge in [-0.3, -0.25) is 0 Å². The van der Waals surface area contributed by atoms with Crippen molar-refractivity contribution in [3.63, 3.8) is 0 Å². The molecule has 84 valence electrons. The highest BCUT2D eigenvalue weighted by Crippen LogP contribution is 2.36. The van der Waals surface area contributed by atoms with Crippen LogP contribution in [-0.4, -0.2) is 0 Å². The molecule has 1 aromatic carbocycles. The maximum Gasteiger partial charge on any atom is 0.137 e. The number of halogens is 3.